The molecule has 1 aliphatic heterocycles. The van der Waals surface area contributed by atoms with Crippen LogP contribution in [0.1, 0.15) is 13.8 Å². The topological polar surface area (TPSA) is 23.6 Å². The van der Waals surface area contributed by atoms with E-state index in [0.717, 1.165) is 32.7 Å². The third-order valence-corrected chi connectivity index (χ3v) is 3.18. The lowest BCUT2D eigenvalue weighted by Crippen LogP contribution is -2.49. The summed E-state index contributed by atoms with van der Waals surface area (Å²) in [6.45, 7) is 8.55. The summed E-state index contributed by atoms with van der Waals surface area (Å²) in [5, 5.41) is 0. The smallest absolute Gasteiger partial charge is 0.219 e. The minimum atomic E-state index is 0.190. The van der Waals surface area contributed by atoms with Gasteiger partial charge in [-0.15, -0.1) is 11.6 Å². The van der Waals surface area contributed by atoms with E-state index in [2.05, 4.69) is 11.8 Å². The molecular formula is C10H19ClN2O. The quantitative estimate of drug-likeness (QED) is 0.661. The van der Waals surface area contributed by atoms with Gasteiger partial charge in [-0.25, -0.2) is 0 Å². The molecule has 0 spiro atoms. The second-order valence-electron chi connectivity index (χ2n) is 4.07. The van der Waals surface area contributed by atoms with Crippen LogP contribution in [0.15, 0.2) is 0 Å². The van der Waals surface area contributed by atoms with Crippen LogP contribution >= 0.6 is 11.6 Å². The molecule has 1 unspecified atom stereocenters. The van der Waals surface area contributed by atoms with Gasteiger partial charge in [0.05, 0.1) is 0 Å². The summed E-state index contributed by atoms with van der Waals surface area (Å²) in [4.78, 5) is 15.4. The minimum Gasteiger partial charge on any atom is -0.340 e. The maximum atomic E-state index is 11.1. The maximum Gasteiger partial charge on any atom is 0.219 e. The first-order valence-corrected chi connectivity index (χ1v) is 5.70. The molecule has 1 aliphatic rings. The molecule has 0 N–H and O–H groups in total. The summed E-state index contributed by atoms with van der Waals surface area (Å²) in [5.74, 6) is 1.45. The van der Waals surface area contributed by atoms with Gasteiger partial charge in [-0.1, -0.05) is 6.92 Å². The highest BCUT2D eigenvalue weighted by atomic mass is 35.5. The number of piperazine rings is 1. The van der Waals surface area contributed by atoms with E-state index in [9.17, 15) is 4.79 Å². The van der Waals surface area contributed by atoms with Gasteiger partial charge in [0.25, 0.3) is 0 Å². The third-order valence-electron chi connectivity index (χ3n) is 2.65. The molecule has 1 saturated heterocycles. The molecule has 3 nitrogen and oxygen atoms in total. The van der Waals surface area contributed by atoms with E-state index in [1.54, 1.807) is 6.92 Å². The number of rotatable bonds is 3. The molecule has 0 aromatic rings. The number of hydrogen-bond acceptors (Lipinski definition) is 2. The Bertz CT molecular complexity index is 191. The zero-order chi connectivity index (χ0) is 10.6. The fourth-order valence-electron chi connectivity index (χ4n) is 1.73. The van der Waals surface area contributed by atoms with Gasteiger partial charge in [0.2, 0.25) is 5.91 Å². The zero-order valence-corrected chi connectivity index (χ0v) is 9.76. The Hall–Kier alpha value is -0.280. The largest absolute Gasteiger partial charge is 0.340 e. The van der Waals surface area contributed by atoms with E-state index < -0.39 is 0 Å². The van der Waals surface area contributed by atoms with Crippen LogP contribution in [0.2, 0.25) is 0 Å². The highest BCUT2D eigenvalue weighted by Crippen LogP contribution is 2.06. The van der Waals surface area contributed by atoms with Gasteiger partial charge in [-0.2, -0.15) is 0 Å². The van der Waals surface area contributed by atoms with Crippen LogP contribution < -0.4 is 0 Å². The number of carbonyl (C=O) groups excluding carboxylic acids is 1. The van der Waals surface area contributed by atoms with Crippen LogP contribution in [-0.4, -0.2) is 54.3 Å². The first-order chi connectivity index (χ1) is 6.63. The second-order valence-corrected chi connectivity index (χ2v) is 4.37. The maximum absolute atomic E-state index is 11.1. The van der Waals surface area contributed by atoms with Gasteiger partial charge < -0.3 is 4.90 Å². The van der Waals surface area contributed by atoms with Gasteiger partial charge in [-0.3, -0.25) is 9.69 Å². The Morgan fingerprint density at radius 2 is 1.93 bits per heavy atom. The fraction of sp³-hybridized carbons (Fsp3) is 0.900. The van der Waals surface area contributed by atoms with Crippen molar-refractivity contribution in [1.29, 1.82) is 0 Å². The number of amides is 1. The molecule has 1 fully saturated rings. The zero-order valence-electron chi connectivity index (χ0n) is 9.00. The number of nitrogens with zero attached hydrogens (tertiary/aromatic N) is 2. The Kier molecular flexibility index (Phi) is 4.69. The van der Waals surface area contributed by atoms with E-state index in [0.29, 0.717) is 11.8 Å². The van der Waals surface area contributed by atoms with Crippen molar-refractivity contribution in [2.24, 2.45) is 5.92 Å². The summed E-state index contributed by atoms with van der Waals surface area (Å²) in [6.07, 6.45) is 0. The summed E-state index contributed by atoms with van der Waals surface area (Å²) in [5.41, 5.74) is 0. The Morgan fingerprint density at radius 1 is 1.36 bits per heavy atom. The molecule has 4 heteroatoms. The van der Waals surface area contributed by atoms with Crippen molar-refractivity contribution in [2.45, 2.75) is 13.8 Å². The normalized spacial score (nSPS) is 20.9. The molecule has 0 aromatic carbocycles. The van der Waals surface area contributed by atoms with Gasteiger partial charge in [0.15, 0.2) is 0 Å². The van der Waals surface area contributed by atoms with Crippen molar-refractivity contribution in [3.8, 4) is 0 Å². The van der Waals surface area contributed by atoms with Crippen LogP contribution in [0.25, 0.3) is 0 Å². The average Bonchev–Trinajstić information content (AvgIpc) is 2.18. The molecule has 1 heterocycles. The van der Waals surface area contributed by atoms with Gasteiger partial charge >= 0.3 is 0 Å². The Morgan fingerprint density at radius 3 is 2.36 bits per heavy atom. The number of hydrogen-bond donors (Lipinski definition) is 0. The summed E-state index contributed by atoms with van der Waals surface area (Å²) in [7, 11) is 0. The van der Waals surface area contributed by atoms with E-state index in [1.165, 1.54) is 0 Å². The molecule has 0 bridgehead atoms. The lowest BCUT2D eigenvalue weighted by molar-refractivity contribution is -0.130. The minimum absolute atomic E-state index is 0.190. The molecule has 0 aromatic heterocycles. The SMILES string of the molecule is CC(=O)N1CCN(CC(C)CCl)CC1. The van der Waals surface area contributed by atoms with E-state index in [4.69, 9.17) is 11.6 Å². The van der Waals surface area contributed by atoms with Crippen molar-refractivity contribution in [3.05, 3.63) is 0 Å². The highest BCUT2D eigenvalue weighted by molar-refractivity contribution is 6.18. The third kappa shape index (κ3) is 3.46. The van der Waals surface area contributed by atoms with Crippen molar-refractivity contribution in [3.63, 3.8) is 0 Å². The van der Waals surface area contributed by atoms with Gasteiger partial charge in [-0.05, 0) is 5.92 Å². The summed E-state index contributed by atoms with van der Waals surface area (Å²) < 4.78 is 0. The van der Waals surface area contributed by atoms with Crippen molar-refractivity contribution < 1.29 is 4.79 Å². The van der Waals surface area contributed by atoms with Gasteiger partial charge in [0.1, 0.15) is 0 Å². The molecule has 1 amide bonds. The molecule has 14 heavy (non-hydrogen) atoms. The molecule has 82 valence electrons. The van der Waals surface area contributed by atoms with E-state index in [1.807, 2.05) is 4.90 Å². The highest BCUT2D eigenvalue weighted by Gasteiger charge is 2.19. The van der Waals surface area contributed by atoms with E-state index in [-0.39, 0.29) is 5.91 Å². The van der Waals surface area contributed by atoms with E-state index >= 15 is 0 Å². The van der Waals surface area contributed by atoms with Crippen LogP contribution in [0.4, 0.5) is 0 Å². The Balaban J connectivity index is 2.25. The molecule has 0 saturated carbocycles. The summed E-state index contributed by atoms with van der Waals surface area (Å²) >= 11 is 5.76. The molecule has 1 atom stereocenters. The predicted octanol–water partition coefficient (Wildman–Crippen LogP) is 1.03. The number of carbonyl (C=O) groups is 1. The molecule has 0 radical (unpaired) electrons. The summed E-state index contributed by atoms with van der Waals surface area (Å²) in [6, 6.07) is 0. The standard InChI is InChI=1S/C10H19ClN2O/c1-9(7-11)8-12-3-5-13(6-4-12)10(2)14/h9H,3-8H2,1-2H3. The Labute approximate surface area is 91.0 Å². The lowest BCUT2D eigenvalue weighted by Gasteiger charge is -2.35. The first-order valence-electron chi connectivity index (χ1n) is 5.17. The predicted molar refractivity (Wildman–Crippen MR) is 58.6 cm³/mol. The monoisotopic (exact) mass is 218 g/mol. The molecule has 0 aliphatic carbocycles. The fourth-order valence-corrected chi connectivity index (χ4v) is 1.83. The first kappa shape index (κ1) is 11.8. The van der Waals surface area contributed by atoms with Crippen LogP contribution in [0, 0.1) is 5.92 Å². The lowest BCUT2D eigenvalue weighted by atomic mass is 10.2. The van der Waals surface area contributed by atoms with Crippen LogP contribution in [0.3, 0.4) is 0 Å². The van der Waals surface area contributed by atoms with Crippen molar-refractivity contribution >= 4 is 17.5 Å². The molecular weight excluding hydrogens is 200 g/mol. The number of alkyl halides is 1. The molecule has 1 rings (SSSR count). The average molecular weight is 219 g/mol. The van der Waals surface area contributed by atoms with Crippen LogP contribution in [0.5, 0.6) is 0 Å². The van der Waals surface area contributed by atoms with Crippen molar-refractivity contribution in [2.75, 3.05) is 38.6 Å². The van der Waals surface area contributed by atoms with Gasteiger partial charge in [0, 0.05) is 45.5 Å². The number of halogens is 1. The second kappa shape index (κ2) is 5.56. The van der Waals surface area contributed by atoms with Crippen LogP contribution in [-0.2, 0) is 4.79 Å². The van der Waals surface area contributed by atoms with Crippen molar-refractivity contribution in [1.82, 2.24) is 9.80 Å².